The minimum absolute atomic E-state index is 0.0571. The standard InChI is InChI=1S/C17H25N5O3/c1-17(2,3)22-15(18)14(13(10-24)21-22)20-12-6-4-11(5-7-12)16(25)19-8-9-23/h4-7,16,18-19,23-25H,8-10H2,1-3H3. The van der Waals surface area contributed by atoms with E-state index >= 15 is 0 Å². The molecular weight excluding hydrogens is 322 g/mol. The summed E-state index contributed by atoms with van der Waals surface area (Å²) in [7, 11) is 0. The molecule has 8 heteroatoms. The van der Waals surface area contributed by atoms with E-state index in [0.29, 0.717) is 29.2 Å². The maximum Gasteiger partial charge on any atom is 0.170 e. The van der Waals surface area contributed by atoms with E-state index in [2.05, 4.69) is 15.4 Å². The van der Waals surface area contributed by atoms with E-state index in [0.717, 1.165) is 0 Å². The Balaban J connectivity index is 2.22. The molecule has 2 rings (SSSR count). The predicted octanol–water partition coefficient (Wildman–Crippen LogP) is 0.772. The fraction of sp³-hybridized carbons (Fsp3) is 0.471. The molecule has 0 radical (unpaired) electrons. The molecule has 0 saturated carbocycles. The van der Waals surface area contributed by atoms with Crippen molar-refractivity contribution in [2.75, 3.05) is 19.8 Å². The first-order valence-corrected chi connectivity index (χ1v) is 8.06. The highest BCUT2D eigenvalue weighted by molar-refractivity contribution is 6.70. The van der Waals surface area contributed by atoms with Crippen molar-refractivity contribution in [2.24, 2.45) is 10.1 Å². The first-order chi connectivity index (χ1) is 11.8. The molecule has 0 fully saturated rings. The zero-order chi connectivity index (χ0) is 18.6. The zero-order valence-electron chi connectivity index (χ0n) is 14.7. The Morgan fingerprint density at radius 3 is 2.40 bits per heavy atom. The zero-order valence-corrected chi connectivity index (χ0v) is 14.7. The third-order valence-electron chi connectivity index (χ3n) is 3.61. The Morgan fingerprint density at radius 2 is 1.88 bits per heavy atom. The Morgan fingerprint density at radius 1 is 1.24 bits per heavy atom. The van der Waals surface area contributed by atoms with Crippen LogP contribution in [0.15, 0.2) is 34.4 Å². The second kappa shape index (κ2) is 7.83. The predicted molar refractivity (Wildman–Crippen MR) is 97.4 cm³/mol. The van der Waals surface area contributed by atoms with E-state index in [1.807, 2.05) is 20.8 Å². The normalized spacial score (nSPS) is 18.0. The number of aliphatic hydroxyl groups is 3. The number of rotatable bonds is 6. The van der Waals surface area contributed by atoms with Gasteiger partial charge in [-0.25, -0.2) is 10.0 Å². The summed E-state index contributed by atoms with van der Waals surface area (Å²) < 4.78 is 0. The maximum absolute atomic E-state index is 9.92. The molecule has 0 aromatic heterocycles. The minimum atomic E-state index is -0.871. The molecule has 1 aromatic carbocycles. The molecule has 1 aromatic rings. The Kier molecular flexibility index (Phi) is 6.02. The fourth-order valence-electron chi connectivity index (χ4n) is 2.34. The van der Waals surface area contributed by atoms with Gasteiger partial charge in [0.05, 0.1) is 24.4 Å². The average Bonchev–Trinajstić information content (AvgIpc) is 2.89. The van der Waals surface area contributed by atoms with Crippen molar-refractivity contribution in [2.45, 2.75) is 32.5 Å². The Labute approximate surface area is 147 Å². The van der Waals surface area contributed by atoms with Gasteiger partial charge in [0.2, 0.25) is 0 Å². The third kappa shape index (κ3) is 4.49. The number of hydrogen-bond acceptors (Lipinski definition) is 7. The number of aliphatic hydroxyl groups excluding tert-OH is 3. The first-order valence-electron chi connectivity index (χ1n) is 8.06. The van der Waals surface area contributed by atoms with Gasteiger partial charge in [0.1, 0.15) is 17.7 Å². The molecular formula is C17H25N5O3. The van der Waals surface area contributed by atoms with Gasteiger partial charge in [0.15, 0.2) is 5.84 Å². The monoisotopic (exact) mass is 347 g/mol. The number of amidine groups is 1. The van der Waals surface area contributed by atoms with Crippen molar-refractivity contribution in [3.05, 3.63) is 29.8 Å². The lowest BCUT2D eigenvalue weighted by Crippen LogP contribution is -2.41. The van der Waals surface area contributed by atoms with Gasteiger partial charge in [0.25, 0.3) is 0 Å². The van der Waals surface area contributed by atoms with Gasteiger partial charge < -0.3 is 15.3 Å². The molecule has 1 atom stereocenters. The van der Waals surface area contributed by atoms with Gasteiger partial charge in [0, 0.05) is 6.54 Å². The molecule has 0 aliphatic carbocycles. The molecule has 1 aliphatic rings. The molecule has 1 aliphatic heterocycles. The van der Waals surface area contributed by atoms with Crippen molar-refractivity contribution in [3.8, 4) is 0 Å². The lowest BCUT2D eigenvalue weighted by Gasteiger charge is -2.29. The molecule has 0 spiro atoms. The molecule has 136 valence electrons. The van der Waals surface area contributed by atoms with Gasteiger partial charge in [-0.15, -0.1) is 0 Å². The van der Waals surface area contributed by atoms with Crippen LogP contribution < -0.4 is 5.32 Å². The summed E-state index contributed by atoms with van der Waals surface area (Å²) in [6.45, 7) is 5.73. The van der Waals surface area contributed by atoms with E-state index in [1.54, 1.807) is 24.3 Å². The summed E-state index contributed by atoms with van der Waals surface area (Å²) in [6, 6.07) is 6.86. The van der Waals surface area contributed by atoms with Crippen LogP contribution in [-0.4, -0.2) is 62.9 Å². The van der Waals surface area contributed by atoms with Crippen LogP contribution in [0.2, 0.25) is 0 Å². The summed E-state index contributed by atoms with van der Waals surface area (Å²) in [5.41, 5.74) is 1.54. The highest BCUT2D eigenvalue weighted by Gasteiger charge is 2.34. The van der Waals surface area contributed by atoms with Crippen LogP contribution in [0.25, 0.3) is 0 Å². The summed E-state index contributed by atoms with van der Waals surface area (Å²) in [5.74, 6) is 0.144. The van der Waals surface area contributed by atoms with Crippen molar-refractivity contribution < 1.29 is 15.3 Å². The molecule has 1 unspecified atom stereocenters. The number of hydrogen-bond donors (Lipinski definition) is 5. The van der Waals surface area contributed by atoms with Gasteiger partial charge in [-0.2, -0.15) is 5.10 Å². The highest BCUT2D eigenvalue weighted by atomic mass is 16.3. The van der Waals surface area contributed by atoms with Crippen molar-refractivity contribution in [3.63, 3.8) is 0 Å². The van der Waals surface area contributed by atoms with Crippen molar-refractivity contribution >= 4 is 22.9 Å². The molecule has 5 N–H and O–H groups in total. The summed E-state index contributed by atoms with van der Waals surface area (Å²) in [5, 5.41) is 45.1. The molecule has 1 heterocycles. The van der Waals surface area contributed by atoms with E-state index < -0.39 is 6.23 Å². The van der Waals surface area contributed by atoms with Crippen LogP contribution in [0.1, 0.15) is 32.6 Å². The lowest BCUT2D eigenvalue weighted by atomic mass is 10.1. The Hall–Kier alpha value is -2.13. The second-order valence-corrected chi connectivity index (χ2v) is 6.67. The van der Waals surface area contributed by atoms with Crippen LogP contribution in [0.4, 0.5) is 5.69 Å². The molecule has 8 nitrogen and oxygen atoms in total. The second-order valence-electron chi connectivity index (χ2n) is 6.67. The fourth-order valence-corrected chi connectivity index (χ4v) is 2.34. The molecule has 0 saturated heterocycles. The number of nitrogens with one attached hydrogen (secondary N) is 2. The van der Waals surface area contributed by atoms with Crippen LogP contribution in [-0.2, 0) is 0 Å². The summed E-state index contributed by atoms with van der Waals surface area (Å²) in [4.78, 5) is 4.44. The lowest BCUT2D eigenvalue weighted by molar-refractivity contribution is 0.129. The van der Waals surface area contributed by atoms with Crippen molar-refractivity contribution in [1.82, 2.24) is 10.3 Å². The largest absolute Gasteiger partial charge is 0.395 e. The van der Waals surface area contributed by atoms with Gasteiger partial charge >= 0.3 is 0 Å². The average molecular weight is 347 g/mol. The van der Waals surface area contributed by atoms with E-state index in [4.69, 9.17) is 10.5 Å². The third-order valence-corrected chi connectivity index (χ3v) is 3.61. The number of hydrazone groups is 1. The highest BCUT2D eigenvalue weighted by Crippen LogP contribution is 2.23. The molecule has 0 bridgehead atoms. The van der Waals surface area contributed by atoms with Crippen LogP contribution in [0, 0.1) is 5.41 Å². The van der Waals surface area contributed by atoms with E-state index in [9.17, 15) is 10.2 Å². The Bertz CT molecular complexity index is 677. The maximum atomic E-state index is 9.92. The summed E-state index contributed by atoms with van der Waals surface area (Å²) in [6.07, 6.45) is -0.871. The summed E-state index contributed by atoms with van der Waals surface area (Å²) >= 11 is 0. The van der Waals surface area contributed by atoms with Crippen LogP contribution >= 0.6 is 0 Å². The number of aliphatic imine (C=N–C) groups is 1. The van der Waals surface area contributed by atoms with E-state index in [-0.39, 0.29) is 24.6 Å². The SMILES string of the molecule is CC(C)(C)N1N=C(CO)C(=Nc2ccc(C(O)NCCO)cc2)C1=N. The van der Waals surface area contributed by atoms with E-state index in [1.165, 1.54) is 5.01 Å². The van der Waals surface area contributed by atoms with Crippen LogP contribution in [0.3, 0.4) is 0 Å². The molecule has 0 amide bonds. The first kappa shape index (κ1) is 19.2. The topological polar surface area (TPSA) is 125 Å². The minimum Gasteiger partial charge on any atom is -0.395 e. The number of benzene rings is 1. The van der Waals surface area contributed by atoms with Crippen molar-refractivity contribution in [1.29, 1.82) is 5.41 Å². The number of nitrogens with zero attached hydrogens (tertiary/aromatic N) is 3. The molecule has 25 heavy (non-hydrogen) atoms. The van der Waals surface area contributed by atoms with Crippen LogP contribution in [0.5, 0.6) is 0 Å². The quantitative estimate of drug-likeness (QED) is 0.486. The van der Waals surface area contributed by atoms with Gasteiger partial charge in [-0.3, -0.25) is 10.7 Å². The van der Waals surface area contributed by atoms with Gasteiger partial charge in [-0.05, 0) is 38.5 Å². The van der Waals surface area contributed by atoms with Gasteiger partial charge in [-0.1, -0.05) is 12.1 Å². The smallest absolute Gasteiger partial charge is 0.170 e.